The van der Waals surface area contributed by atoms with Gasteiger partial charge in [0.15, 0.2) is 0 Å². The van der Waals surface area contributed by atoms with Crippen molar-refractivity contribution in [1.82, 2.24) is 0 Å². The molecule has 0 bridgehead atoms. The zero-order chi connectivity index (χ0) is 15.6. The van der Waals surface area contributed by atoms with Crippen LogP contribution in [-0.4, -0.2) is 19.3 Å². The Morgan fingerprint density at radius 3 is 2.00 bits per heavy atom. The SMILES string of the molecule is COc1cc(OC)cc(C(O)c2cc(F)c(C)cc2F)c1. The number of halogens is 2. The van der Waals surface area contributed by atoms with E-state index < -0.39 is 17.7 Å². The zero-order valence-corrected chi connectivity index (χ0v) is 12.0. The normalized spacial score (nSPS) is 12.1. The monoisotopic (exact) mass is 294 g/mol. The third-order valence-electron chi connectivity index (χ3n) is 3.26. The lowest BCUT2D eigenvalue weighted by molar-refractivity contribution is 0.213. The molecule has 0 saturated heterocycles. The van der Waals surface area contributed by atoms with Gasteiger partial charge in [-0.2, -0.15) is 0 Å². The van der Waals surface area contributed by atoms with E-state index >= 15 is 0 Å². The standard InChI is InChI=1S/C16H16F2O3/c1-9-4-15(18)13(8-14(9)17)16(19)10-5-11(20-2)7-12(6-10)21-3/h4-8,16,19H,1-3H3. The number of aliphatic hydroxyl groups excluding tert-OH is 1. The van der Waals surface area contributed by atoms with Crippen LogP contribution in [0.25, 0.3) is 0 Å². The second kappa shape index (κ2) is 6.10. The Morgan fingerprint density at radius 1 is 0.905 bits per heavy atom. The van der Waals surface area contributed by atoms with Crippen molar-refractivity contribution in [3.05, 3.63) is 58.7 Å². The minimum Gasteiger partial charge on any atom is -0.497 e. The zero-order valence-electron chi connectivity index (χ0n) is 12.0. The predicted octanol–water partition coefficient (Wildman–Crippen LogP) is 3.37. The lowest BCUT2D eigenvalue weighted by Gasteiger charge is -2.15. The van der Waals surface area contributed by atoms with Gasteiger partial charge in [0.25, 0.3) is 0 Å². The summed E-state index contributed by atoms with van der Waals surface area (Å²) in [6.07, 6.45) is -1.32. The Hall–Kier alpha value is -2.14. The van der Waals surface area contributed by atoms with Crippen molar-refractivity contribution in [2.45, 2.75) is 13.0 Å². The van der Waals surface area contributed by atoms with Gasteiger partial charge in [-0.1, -0.05) is 0 Å². The first-order chi connectivity index (χ1) is 9.96. The molecule has 3 nitrogen and oxygen atoms in total. The molecule has 0 aliphatic carbocycles. The lowest BCUT2D eigenvalue weighted by Crippen LogP contribution is -2.05. The van der Waals surface area contributed by atoms with E-state index in [-0.39, 0.29) is 11.1 Å². The van der Waals surface area contributed by atoms with Crippen LogP contribution in [0.15, 0.2) is 30.3 Å². The van der Waals surface area contributed by atoms with E-state index in [4.69, 9.17) is 9.47 Å². The molecular formula is C16H16F2O3. The lowest BCUT2D eigenvalue weighted by atomic mass is 9.99. The van der Waals surface area contributed by atoms with Crippen LogP contribution in [0.4, 0.5) is 8.78 Å². The Bertz CT molecular complexity index is 634. The van der Waals surface area contributed by atoms with E-state index in [1.807, 2.05) is 0 Å². The summed E-state index contributed by atoms with van der Waals surface area (Å²) in [5.41, 5.74) is 0.411. The number of rotatable bonds is 4. The number of ether oxygens (including phenoxy) is 2. The minimum atomic E-state index is -1.32. The molecule has 0 aromatic heterocycles. The predicted molar refractivity (Wildman–Crippen MR) is 74.7 cm³/mol. The fourth-order valence-electron chi connectivity index (χ4n) is 2.04. The highest BCUT2D eigenvalue weighted by molar-refractivity contribution is 5.43. The van der Waals surface area contributed by atoms with Gasteiger partial charge in [0.2, 0.25) is 0 Å². The highest BCUT2D eigenvalue weighted by Gasteiger charge is 2.19. The molecule has 0 spiro atoms. The van der Waals surface area contributed by atoms with Gasteiger partial charge in [-0.25, -0.2) is 8.78 Å². The van der Waals surface area contributed by atoms with Gasteiger partial charge in [-0.3, -0.25) is 0 Å². The number of hydrogen-bond acceptors (Lipinski definition) is 3. The minimum absolute atomic E-state index is 0.131. The van der Waals surface area contributed by atoms with E-state index in [1.165, 1.54) is 21.1 Å². The molecule has 0 fully saturated rings. The second-order valence-electron chi connectivity index (χ2n) is 4.67. The molecule has 1 N–H and O–H groups in total. The molecule has 5 heteroatoms. The molecule has 0 saturated carbocycles. The largest absolute Gasteiger partial charge is 0.497 e. The number of aliphatic hydroxyl groups is 1. The van der Waals surface area contributed by atoms with Crippen molar-refractivity contribution in [3.63, 3.8) is 0 Å². The summed E-state index contributed by atoms with van der Waals surface area (Å²) in [6.45, 7) is 1.46. The summed E-state index contributed by atoms with van der Waals surface area (Å²) < 4.78 is 37.7. The Morgan fingerprint density at radius 2 is 1.48 bits per heavy atom. The quantitative estimate of drug-likeness (QED) is 0.939. The molecule has 0 aliphatic heterocycles. The number of aryl methyl sites for hydroxylation is 1. The van der Waals surface area contributed by atoms with Gasteiger partial charge < -0.3 is 14.6 Å². The van der Waals surface area contributed by atoms with Crippen molar-refractivity contribution >= 4 is 0 Å². The summed E-state index contributed by atoms with van der Waals surface area (Å²) >= 11 is 0. The second-order valence-corrected chi connectivity index (χ2v) is 4.67. The maximum atomic E-state index is 13.9. The van der Waals surface area contributed by atoms with Crippen LogP contribution in [0.5, 0.6) is 11.5 Å². The molecule has 112 valence electrons. The molecule has 2 aromatic carbocycles. The summed E-state index contributed by atoms with van der Waals surface area (Å²) in [5.74, 6) is -0.323. The third kappa shape index (κ3) is 3.13. The van der Waals surface area contributed by atoms with Gasteiger partial charge >= 0.3 is 0 Å². The first-order valence-electron chi connectivity index (χ1n) is 6.33. The van der Waals surface area contributed by atoms with Crippen molar-refractivity contribution in [3.8, 4) is 11.5 Å². The average Bonchev–Trinajstić information content (AvgIpc) is 2.49. The summed E-state index contributed by atoms with van der Waals surface area (Å²) in [6, 6.07) is 6.78. The molecule has 0 amide bonds. The Labute approximate surface area is 121 Å². The first kappa shape index (κ1) is 15.3. The molecule has 21 heavy (non-hydrogen) atoms. The fourth-order valence-corrected chi connectivity index (χ4v) is 2.04. The summed E-state index contributed by atoms with van der Waals surface area (Å²) in [5, 5.41) is 10.3. The van der Waals surface area contributed by atoms with Crippen LogP contribution in [-0.2, 0) is 0 Å². The Kier molecular flexibility index (Phi) is 4.43. The first-order valence-corrected chi connectivity index (χ1v) is 6.33. The van der Waals surface area contributed by atoms with Crippen LogP contribution in [0.2, 0.25) is 0 Å². The van der Waals surface area contributed by atoms with Crippen LogP contribution in [0.1, 0.15) is 22.8 Å². The van der Waals surface area contributed by atoms with Gasteiger partial charge in [0, 0.05) is 11.6 Å². The van der Waals surface area contributed by atoms with Crippen LogP contribution in [0, 0.1) is 18.6 Å². The van der Waals surface area contributed by atoms with Crippen LogP contribution >= 0.6 is 0 Å². The number of benzene rings is 2. The molecule has 0 radical (unpaired) electrons. The van der Waals surface area contributed by atoms with Crippen molar-refractivity contribution in [2.75, 3.05) is 14.2 Å². The van der Waals surface area contributed by atoms with Crippen molar-refractivity contribution < 1.29 is 23.4 Å². The Balaban J connectivity index is 2.49. The number of methoxy groups -OCH3 is 2. The smallest absolute Gasteiger partial charge is 0.129 e. The molecule has 0 heterocycles. The fraction of sp³-hybridized carbons (Fsp3) is 0.250. The molecule has 1 atom stereocenters. The van der Waals surface area contributed by atoms with Crippen LogP contribution in [0.3, 0.4) is 0 Å². The number of hydrogen-bond donors (Lipinski definition) is 1. The molecule has 2 aromatic rings. The summed E-state index contributed by atoms with van der Waals surface area (Å²) in [7, 11) is 2.94. The summed E-state index contributed by atoms with van der Waals surface area (Å²) in [4.78, 5) is 0. The van der Waals surface area contributed by atoms with E-state index in [0.717, 1.165) is 12.1 Å². The molecule has 1 unspecified atom stereocenters. The maximum Gasteiger partial charge on any atom is 0.129 e. The topological polar surface area (TPSA) is 38.7 Å². The highest BCUT2D eigenvalue weighted by Crippen LogP contribution is 2.31. The molecule has 2 rings (SSSR count). The van der Waals surface area contributed by atoms with Gasteiger partial charge in [-0.05, 0) is 42.3 Å². The van der Waals surface area contributed by atoms with Gasteiger partial charge in [-0.15, -0.1) is 0 Å². The van der Waals surface area contributed by atoms with E-state index in [1.54, 1.807) is 18.2 Å². The van der Waals surface area contributed by atoms with E-state index in [9.17, 15) is 13.9 Å². The third-order valence-corrected chi connectivity index (χ3v) is 3.26. The van der Waals surface area contributed by atoms with Gasteiger partial charge in [0.1, 0.15) is 29.2 Å². The van der Waals surface area contributed by atoms with Crippen molar-refractivity contribution in [1.29, 1.82) is 0 Å². The van der Waals surface area contributed by atoms with Gasteiger partial charge in [0.05, 0.1) is 14.2 Å². The molecule has 0 aliphatic rings. The maximum absolute atomic E-state index is 13.9. The molecular weight excluding hydrogens is 278 g/mol. The van der Waals surface area contributed by atoms with Crippen LogP contribution < -0.4 is 9.47 Å². The highest BCUT2D eigenvalue weighted by atomic mass is 19.1. The average molecular weight is 294 g/mol. The van der Waals surface area contributed by atoms with Crippen molar-refractivity contribution in [2.24, 2.45) is 0 Å². The van der Waals surface area contributed by atoms with E-state index in [0.29, 0.717) is 17.1 Å². The van der Waals surface area contributed by atoms with E-state index in [2.05, 4.69) is 0 Å².